The highest BCUT2D eigenvalue weighted by atomic mass is 19.3. The molecule has 1 aliphatic rings. The zero-order chi connectivity index (χ0) is 22.5. The van der Waals surface area contributed by atoms with Crippen LogP contribution in [0.5, 0.6) is 0 Å². The maximum Gasteiger partial charge on any atom is 0.270 e. The molecule has 0 N–H and O–H groups in total. The summed E-state index contributed by atoms with van der Waals surface area (Å²) in [4.78, 5) is 5.21. The lowest BCUT2D eigenvalue weighted by atomic mass is 9.77. The van der Waals surface area contributed by atoms with Crippen LogP contribution in [0.25, 0.3) is 0 Å². The summed E-state index contributed by atoms with van der Waals surface area (Å²) >= 11 is 0. The molecule has 0 radical (unpaired) electrons. The van der Waals surface area contributed by atoms with Crippen LogP contribution in [0.15, 0.2) is 35.9 Å². The maximum atomic E-state index is 13.6. The van der Waals surface area contributed by atoms with E-state index in [1.54, 1.807) is 12.1 Å². The van der Waals surface area contributed by atoms with Crippen molar-refractivity contribution in [3.63, 3.8) is 0 Å². The Morgan fingerprint density at radius 3 is 1.97 bits per heavy atom. The molecule has 0 aromatic heterocycles. The minimum atomic E-state index is -2.79. The highest BCUT2D eigenvalue weighted by molar-refractivity contribution is 5.30. The van der Waals surface area contributed by atoms with Crippen LogP contribution in [-0.4, -0.2) is 48.1 Å². The van der Waals surface area contributed by atoms with E-state index in [1.165, 1.54) is 18.4 Å². The van der Waals surface area contributed by atoms with Gasteiger partial charge in [0.25, 0.3) is 5.92 Å². The van der Waals surface area contributed by atoms with Gasteiger partial charge in [-0.2, -0.15) is 0 Å². The van der Waals surface area contributed by atoms with E-state index in [2.05, 4.69) is 57.4 Å². The van der Waals surface area contributed by atoms with E-state index in [9.17, 15) is 8.78 Å². The third-order valence-electron chi connectivity index (χ3n) is 6.72. The molecule has 0 aliphatic carbocycles. The summed E-state index contributed by atoms with van der Waals surface area (Å²) < 4.78 is 27.2. The van der Waals surface area contributed by atoms with E-state index >= 15 is 0 Å². The topological polar surface area (TPSA) is 6.48 Å². The van der Waals surface area contributed by atoms with Crippen molar-refractivity contribution in [1.82, 2.24) is 9.80 Å². The van der Waals surface area contributed by atoms with Crippen molar-refractivity contribution in [2.75, 3.05) is 26.2 Å². The van der Waals surface area contributed by atoms with E-state index in [1.807, 2.05) is 12.1 Å². The van der Waals surface area contributed by atoms with Gasteiger partial charge < -0.3 is 4.90 Å². The molecule has 30 heavy (non-hydrogen) atoms. The number of halogens is 2. The van der Waals surface area contributed by atoms with E-state index in [0.717, 1.165) is 45.1 Å². The van der Waals surface area contributed by atoms with Gasteiger partial charge in [-0.05, 0) is 57.2 Å². The molecule has 0 spiro atoms. The van der Waals surface area contributed by atoms with E-state index < -0.39 is 5.92 Å². The zero-order valence-corrected chi connectivity index (χ0v) is 20.1. The Hall–Kier alpha value is -1.26. The first-order valence-corrected chi connectivity index (χ1v) is 11.6. The predicted molar refractivity (Wildman–Crippen MR) is 124 cm³/mol. The highest BCUT2D eigenvalue weighted by Gasteiger charge is 2.32. The second-order valence-corrected chi connectivity index (χ2v) is 9.85. The van der Waals surface area contributed by atoms with Gasteiger partial charge in [0.15, 0.2) is 0 Å². The van der Waals surface area contributed by atoms with Gasteiger partial charge in [-0.3, -0.25) is 4.90 Å². The van der Waals surface area contributed by atoms with Crippen LogP contribution >= 0.6 is 0 Å². The zero-order valence-electron chi connectivity index (χ0n) is 20.1. The highest BCUT2D eigenvalue weighted by Crippen LogP contribution is 2.34. The van der Waals surface area contributed by atoms with Gasteiger partial charge in [-0.15, -0.1) is 0 Å². The van der Waals surface area contributed by atoms with Crippen molar-refractivity contribution in [2.24, 2.45) is 0 Å². The maximum absolute atomic E-state index is 13.6. The second-order valence-electron chi connectivity index (χ2n) is 9.85. The first kappa shape index (κ1) is 25.0. The van der Waals surface area contributed by atoms with Gasteiger partial charge >= 0.3 is 0 Å². The van der Waals surface area contributed by atoms with Crippen LogP contribution in [0.1, 0.15) is 78.9 Å². The Morgan fingerprint density at radius 1 is 1.03 bits per heavy atom. The number of likely N-dealkylation sites (tertiary alicyclic amines) is 1. The Balaban J connectivity index is 2.13. The van der Waals surface area contributed by atoms with E-state index in [0.29, 0.717) is 12.1 Å². The van der Waals surface area contributed by atoms with Crippen LogP contribution < -0.4 is 0 Å². The lowest BCUT2D eigenvalue weighted by Gasteiger charge is -2.42. The summed E-state index contributed by atoms with van der Waals surface area (Å²) in [5.74, 6) is -2.79. The number of hydrogen-bond acceptors (Lipinski definition) is 2. The van der Waals surface area contributed by atoms with E-state index in [4.69, 9.17) is 0 Å². The van der Waals surface area contributed by atoms with Crippen LogP contribution in [-0.2, 0) is 11.3 Å². The smallest absolute Gasteiger partial charge is 0.270 e. The molecule has 1 heterocycles. The van der Waals surface area contributed by atoms with Crippen LogP contribution in [0, 0.1) is 0 Å². The number of alkyl halides is 2. The average Bonchev–Trinajstić information content (AvgIpc) is 2.68. The molecule has 0 amide bonds. The molecule has 1 aromatic rings. The average molecular weight is 421 g/mol. The van der Waals surface area contributed by atoms with Gasteiger partial charge in [0, 0.05) is 37.7 Å². The quantitative estimate of drug-likeness (QED) is 0.415. The molecule has 170 valence electrons. The molecule has 0 bridgehead atoms. The fourth-order valence-electron chi connectivity index (χ4n) is 4.86. The molecule has 2 nitrogen and oxygen atoms in total. The summed E-state index contributed by atoms with van der Waals surface area (Å²) in [5.41, 5.74) is 2.46. The molecule has 1 aromatic carbocycles. The number of rotatable bonds is 9. The first-order valence-electron chi connectivity index (χ1n) is 11.6. The number of hydrogen-bond donors (Lipinski definition) is 0. The summed E-state index contributed by atoms with van der Waals surface area (Å²) in [5, 5.41) is 0. The SMILES string of the molecule is CCN(CC)C1CCN(C(C=C(C)C)CC(C)(C)c2ccc(C(C)(F)F)cc2)CC1. The van der Waals surface area contributed by atoms with Crippen molar-refractivity contribution in [2.45, 2.75) is 91.1 Å². The normalized spacial score (nSPS) is 17.9. The summed E-state index contributed by atoms with van der Waals surface area (Å²) in [6, 6.07) is 8.01. The molecule has 1 atom stereocenters. The van der Waals surface area contributed by atoms with Crippen molar-refractivity contribution in [3.8, 4) is 0 Å². The van der Waals surface area contributed by atoms with Crippen LogP contribution in [0.3, 0.4) is 0 Å². The van der Waals surface area contributed by atoms with Gasteiger partial charge in [0.2, 0.25) is 0 Å². The van der Waals surface area contributed by atoms with E-state index in [-0.39, 0.29) is 11.0 Å². The third kappa shape index (κ3) is 6.62. The van der Waals surface area contributed by atoms with Crippen LogP contribution in [0.2, 0.25) is 0 Å². The largest absolute Gasteiger partial charge is 0.301 e. The molecule has 1 aliphatic heterocycles. The first-order chi connectivity index (χ1) is 14.0. The van der Waals surface area contributed by atoms with Crippen molar-refractivity contribution >= 4 is 0 Å². The fraction of sp³-hybridized carbons (Fsp3) is 0.692. The molecule has 1 unspecified atom stereocenters. The van der Waals surface area contributed by atoms with Crippen molar-refractivity contribution < 1.29 is 8.78 Å². The lowest BCUT2D eigenvalue weighted by Crippen LogP contribution is -2.48. The van der Waals surface area contributed by atoms with Crippen molar-refractivity contribution in [1.29, 1.82) is 0 Å². The van der Waals surface area contributed by atoms with Gasteiger partial charge in [0.05, 0.1) is 0 Å². The van der Waals surface area contributed by atoms with Gasteiger partial charge in [-0.1, -0.05) is 63.6 Å². The monoisotopic (exact) mass is 420 g/mol. The Labute approximate surface area is 183 Å². The minimum Gasteiger partial charge on any atom is -0.301 e. The second kappa shape index (κ2) is 10.4. The summed E-state index contributed by atoms with van der Waals surface area (Å²) in [6.45, 7) is 18.8. The molecular formula is C26H42F2N2. The molecule has 0 saturated carbocycles. The van der Waals surface area contributed by atoms with Crippen LogP contribution in [0.4, 0.5) is 8.78 Å². The molecule has 1 fully saturated rings. The number of piperidine rings is 1. The Bertz CT molecular complexity index is 672. The third-order valence-corrected chi connectivity index (χ3v) is 6.72. The minimum absolute atomic E-state index is 0.0846. The molecule has 1 saturated heterocycles. The Kier molecular flexibility index (Phi) is 8.64. The molecule has 4 heteroatoms. The molecule has 2 rings (SSSR count). The van der Waals surface area contributed by atoms with Crippen molar-refractivity contribution in [3.05, 3.63) is 47.0 Å². The van der Waals surface area contributed by atoms with Gasteiger partial charge in [-0.25, -0.2) is 8.78 Å². The standard InChI is InChI=1S/C26H42F2N2/c1-8-29(9-2)23-14-16-30(17-15-23)24(18-20(3)4)19-25(5,6)21-10-12-22(13-11-21)26(7,27)28/h10-13,18,23-24H,8-9,14-17,19H2,1-7H3. The summed E-state index contributed by atoms with van der Waals surface area (Å²) in [6.07, 6.45) is 5.81. The number of nitrogens with zero attached hydrogens (tertiary/aromatic N) is 2. The number of benzene rings is 1. The molecular weight excluding hydrogens is 378 g/mol. The fourth-order valence-corrected chi connectivity index (χ4v) is 4.86. The number of allylic oxidation sites excluding steroid dienone is 1. The summed E-state index contributed by atoms with van der Waals surface area (Å²) in [7, 11) is 0. The van der Waals surface area contributed by atoms with Gasteiger partial charge in [0.1, 0.15) is 0 Å². The Morgan fingerprint density at radius 2 is 1.53 bits per heavy atom. The predicted octanol–water partition coefficient (Wildman–Crippen LogP) is 6.61. The lowest BCUT2D eigenvalue weighted by molar-refractivity contribution is 0.0174.